The summed E-state index contributed by atoms with van der Waals surface area (Å²) < 4.78 is 5.25. The molecule has 0 aliphatic heterocycles. The Morgan fingerprint density at radius 2 is 2.12 bits per heavy atom. The lowest BCUT2D eigenvalue weighted by molar-refractivity contribution is -0.112. The second-order valence-electron chi connectivity index (χ2n) is 5.05. The maximum atomic E-state index is 12.2. The number of nitrogens with two attached hydrogens (primary N) is 1. The Bertz CT molecular complexity index is 843. The molecule has 0 atom stereocenters. The summed E-state index contributed by atoms with van der Waals surface area (Å²) in [7, 11) is 1.58. The number of amides is 1. The molecule has 2 rings (SSSR count). The molecule has 0 unspecified atom stereocenters. The van der Waals surface area contributed by atoms with Crippen molar-refractivity contribution in [3.8, 4) is 11.8 Å². The molecule has 2 aromatic carbocycles. The lowest BCUT2D eigenvalue weighted by Crippen LogP contribution is -2.16. The standard InChI is InChI=1S/C18H17ClN4O2/c1-25-17-5-3-2-4-12(17)10-22-11-13(9-20)18(24)23-14-6-7-16(21)15(19)8-14/h2-8,11,22H,10,21H2,1H3,(H,23,24)/b13-11-. The molecule has 25 heavy (non-hydrogen) atoms. The molecular weight excluding hydrogens is 340 g/mol. The Morgan fingerprint density at radius 1 is 1.36 bits per heavy atom. The van der Waals surface area contributed by atoms with E-state index >= 15 is 0 Å². The predicted octanol–water partition coefficient (Wildman–Crippen LogP) is 3.07. The van der Waals surface area contributed by atoms with Gasteiger partial charge in [-0.05, 0) is 24.3 Å². The molecule has 0 aliphatic rings. The van der Waals surface area contributed by atoms with Crippen molar-refractivity contribution >= 4 is 28.9 Å². The van der Waals surface area contributed by atoms with Crippen molar-refractivity contribution in [2.75, 3.05) is 18.2 Å². The van der Waals surface area contributed by atoms with Crippen LogP contribution in [-0.4, -0.2) is 13.0 Å². The van der Waals surface area contributed by atoms with Gasteiger partial charge >= 0.3 is 0 Å². The van der Waals surface area contributed by atoms with Crippen molar-refractivity contribution in [2.24, 2.45) is 0 Å². The van der Waals surface area contributed by atoms with Gasteiger partial charge in [0.2, 0.25) is 0 Å². The molecule has 0 radical (unpaired) electrons. The number of rotatable bonds is 6. The van der Waals surface area contributed by atoms with E-state index in [-0.39, 0.29) is 5.57 Å². The Morgan fingerprint density at radius 3 is 2.80 bits per heavy atom. The SMILES string of the molecule is COc1ccccc1CN/C=C(/C#N)C(=O)Nc1ccc(N)c(Cl)c1. The Labute approximate surface area is 150 Å². The Hall–Kier alpha value is -3.17. The summed E-state index contributed by atoms with van der Waals surface area (Å²) >= 11 is 5.91. The van der Waals surface area contributed by atoms with E-state index < -0.39 is 5.91 Å². The van der Waals surface area contributed by atoms with Crippen LogP contribution in [0.4, 0.5) is 11.4 Å². The number of methoxy groups -OCH3 is 1. The van der Waals surface area contributed by atoms with Crippen molar-refractivity contribution in [1.82, 2.24) is 5.32 Å². The molecule has 2 aromatic rings. The molecule has 0 spiro atoms. The number of halogens is 1. The lowest BCUT2D eigenvalue weighted by Gasteiger charge is -2.09. The number of hydrogen-bond acceptors (Lipinski definition) is 5. The van der Waals surface area contributed by atoms with Gasteiger partial charge < -0.3 is 21.1 Å². The number of nitrogens with one attached hydrogen (secondary N) is 2. The average Bonchev–Trinajstić information content (AvgIpc) is 2.62. The molecule has 4 N–H and O–H groups in total. The fraction of sp³-hybridized carbons (Fsp3) is 0.111. The highest BCUT2D eigenvalue weighted by molar-refractivity contribution is 6.33. The first-order valence-electron chi connectivity index (χ1n) is 7.37. The molecular formula is C18H17ClN4O2. The van der Waals surface area contributed by atoms with E-state index in [0.717, 1.165) is 11.3 Å². The van der Waals surface area contributed by atoms with E-state index in [4.69, 9.17) is 22.1 Å². The molecule has 0 fully saturated rings. The second-order valence-corrected chi connectivity index (χ2v) is 5.46. The van der Waals surface area contributed by atoms with Crippen molar-refractivity contribution in [3.05, 3.63) is 64.8 Å². The van der Waals surface area contributed by atoms with E-state index in [0.29, 0.717) is 22.9 Å². The minimum Gasteiger partial charge on any atom is -0.496 e. The van der Waals surface area contributed by atoms with E-state index in [1.807, 2.05) is 30.3 Å². The van der Waals surface area contributed by atoms with Crippen LogP contribution in [0.1, 0.15) is 5.56 Å². The average molecular weight is 357 g/mol. The number of benzene rings is 2. The van der Waals surface area contributed by atoms with Crippen LogP contribution >= 0.6 is 11.6 Å². The minimum absolute atomic E-state index is 0.0668. The first-order valence-corrected chi connectivity index (χ1v) is 7.75. The molecule has 128 valence electrons. The largest absolute Gasteiger partial charge is 0.496 e. The first-order chi connectivity index (χ1) is 12.0. The number of para-hydroxylation sites is 1. The maximum absolute atomic E-state index is 12.2. The van der Waals surface area contributed by atoms with Crippen LogP contribution in [0.15, 0.2) is 54.2 Å². The monoisotopic (exact) mass is 356 g/mol. The lowest BCUT2D eigenvalue weighted by atomic mass is 10.2. The second kappa shape index (κ2) is 8.62. The number of nitrogens with zero attached hydrogens (tertiary/aromatic N) is 1. The van der Waals surface area contributed by atoms with Gasteiger partial charge in [0.25, 0.3) is 5.91 Å². The minimum atomic E-state index is -0.545. The quantitative estimate of drug-likeness (QED) is 0.419. The highest BCUT2D eigenvalue weighted by Crippen LogP contribution is 2.22. The molecule has 1 amide bonds. The van der Waals surface area contributed by atoms with Crippen molar-refractivity contribution in [2.45, 2.75) is 6.54 Å². The molecule has 0 saturated carbocycles. The van der Waals surface area contributed by atoms with Crippen LogP contribution < -0.4 is 21.1 Å². The molecule has 0 aromatic heterocycles. The van der Waals surface area contributed by atoms with Crippen LogP contribution in [0.5, 0.6) is 5.75 Å². The van der Waals surface area contributed by atoms with Crippen LogP contribution in [0, 0.1) is 11.3 Å². The molecule has 0 heterocycles. The third-order valence-electron chi connectivity index (χ3n) is 3.35. The van der Waals surface area contributed by atoms with Crippen LogP contribution in [0.3, 0.4) is 0 Å². The molecule has 0 saturated heterocycles. The molecule has 0 bridgehead atoms. The van der Waals surface area contributed by atoms with Crippen LogP contribution in [0.2, 0.25) is 5.02 Å². The van der Waals surface area contributed by atoms with Crippen molar-refractivity contribution in [1.29, 1.82) is 5.26 Å². The van der Waals surface area contributed by atoms with E-state index in [2.05, 4.69) is 10.6 Å². The molecule has 7 heteroatoms. The van der Waals surface area contributed by atoms with Gasteiger partial charge in [0.1, 0.15) is 17.4 Å². The predicted molar refractivity (Wildman–Crippen MR) is 98.0 cm³/mol. The van der Waals surface area contributed by atoms with Crippen molar-refractivity contribution in [3.63, 3.8) is 0 Å². The normalized spacial score (nSPS) is 10.7. The maximum Gasteiger partial charge on any atom is 0.267 e. The van der Waals surface area contributed by atoms with E-state index in [1.165, 1.54) is 12.3 Å². The summed E-state index contributed by atoms with van der Waals surface area (Å²) in [5.41, 5.74) is 7.33. The zero-order valence-corrected chi connectivity index (χ0v) is 14.3. The van der Waals surface area contributed by atoms with Gasteiger partial charge in [-0.1, -0.05) is 29.8 Å². The summed E-state index contributed by atoms with van der Waals surface area (Å²) in [5.74, 6) is 0.179. The number of carbonyl (C=O) groups is 1. The smallest absolute Gasteiger partial charge is 0.267 e. The summed E-state index contributed by atoms with van der Waals surface area (Å²) in [6.45, 7) is 0.413. The van der Waals surface area contributed by atoms with Gasteiger partial charge in [-0.15, -0.1) is 0 Å². The number of hydrogen-bond donors (Lipinski definition) is 3. The molecule has 6 nitrogen and oxygen atoms in total. The Balaban J connectivity index is 2.02. The third-order valence-corrected chi connectivity index (χ3v) is 3.68. The number of ether oxygens (including phenoxy) is 1. The zero-order valence-electron chi connectivity index (χ0n) is 13.5. The summed E-state index contributed by atoms with van der Waals surface area (Å²) in [4.78, 5) is 12.2. The summed E-state index contributed by atoms with van der Waals surface area (Å²) in [5, 5.41) is 15.1. The highest BCUT2D eigenvalue weighted by Gasteiger charge is 2.10. The summed E-state index contributed by atoms with van der Waals surface area (Å²) in [6, 6.07) is 14.0. The van der Waals surface area contributed by atoms with Gasteiger partial charge in [0.15, 0.2) is 0 Å². The fourth-order valence-corrected chi connectivity index (χ4v) is 2.24. The Kier molecular flexibility index (Phi) is 6.26. The number of nitriles is 1. The van der Waals surface area contributed by atoms with Gasteiger partial charge in [0, 0.05) is 24.0 Å². The number of nitrogen functional groups attached to an aromatic ring is 1. The summed E-state index contributed by atoms with van der Waals surface area (Å²) in [6.07, 6.45) is 1.36. The number of carbonyl (C=O) groups excluding carboxylic acids is 1. The fourth-order valence-electron chi connectivity index (χ4n) is 2.06. The van der Waals surface area contributed by atoms with Crippen LogP contribution in [-0.2, 0) is 11.3 Å². The van der Waals surface area contributed by atoms with Gasteiger partial charge in [-0.2, -0.15) is 5.26 Å². The zero-order chi connectivity index (χ0) is 18.2. The van der Waals surface area contributed by atoms with Gasteiger partial charge in [-0.25, -0.2) is 0 Å². The van der Waals surface area contributed by atoms with Gasteiger partial charge in [-0.3, -0.25) is 4.79 Å². The van der Waals surface area contributed by atoms with E-state index in [9.17, 15) is 10.1 Å². The first kappa shape index (κ1) is 18.2. The topological polar surface area (TPSA) is 100 Å². The highest BCUT2D eigenvalue weighted by atomic mass is 35.5. The van der Waals surface area contributed by atoms with Crippen LogP contribution in [0.25, 0.3) is 0 Å². The third kappa shape index (κ3) is 4.90. The van der Waals surface area contributed by atoms with Crippen molar-refractivity contribution < 1.29 is 9.53 Å². The van der Waals surface area contributed by atoms with E-state index in [1.54, 1.807) is 19.2 Å². The molecule has 0 aliphatic carbocycles. The van der Waals surface area contributed by atoms with Gasteiger partial charge in [0.05, 0.1) is 17.8 Å². The number of anilines is 2.